The highest BCUT2D eigenvalue weighted by molar-refractivity contribution is 6.23. The predicted molar refractivity (Wildman–Crippen MR) is 262 cm³/mol. The van der Waals surface area contributed by atoms with Crippen LogP contribution in [-0.2, 0) is 11.8 Å². The van der Waals surface area contributed by atoms with Gasteiger partial charge in [0.2, 0.25) is 0 Å². The normalized spacial score (nSPS) is 16.0. The van der Waals surface area contributed by atoms with Crippen LogP contribution in [0.3, 0.4) is 0 Å². The van der Waals surface area contributed by atoms with Crippen LogP contribution in [0.4, 0.5) is 8.78 Å². The number of hydrogen-bond acceptors (Lipinski definition) is 0. The Bertz CT molecular complexity index is 3290. The minimum atomic E-state index is -0.567. The molecule has 0 bridgehead atoms. The highest BCUT2D eigenvalue weighted by Gasteiger charge is 2.49. The molecule has 11 rings (SSSR count). The summed E-state index contributed by atoms with van der Waals surface area (Å²) in [5.74, 6) is -1.14. The minimum absolute atomic E-state index is 0.00317. The van der Waals surface area contributed by atoms with Gasteiger partial charge in [0.1, 0.15) is 11.6 Å². The lowest BCUT2D eigenvalue weighted by molar-refractivity contribution is 0.589. The van der Waals surface area contributed by atoms with E-state index >= 15 is 0 Å². The fourth-order valence-electron chi connectivity index (χ4n) is 10.6. The van der Waals surface area contributed by atoms with E-state index in [2.05, 4.69) is 183 Å². The van der Waals surface area contributed by atoms with Gasteiger partial charge in [-0.1, -0.05) is 207 Å². The van der Waals surface area contributed by atoms with Crippen molar-refractivity contribution in [2.24, 2.45) is 0 Å². The van der Waals surface area contributed by atoms with E-state index in [9.17, 15) is 8.78 Å². The standard InChI is InChI=1S/C62H44F2/c1-40-57(45-17-5-3-6-18-45)60(61-58(40)52-25-11-12-27-54(52)62(61,2)49-22-7-4-8-23-49)48-21-13-20-47(39-48)42-32-30-41(31-33-42)38-53(51-26-14-19-43-16-9-10-24-50(43)51)44-34-36-46(37-35-44)59-55(63)28-15-29-56(59)64/h3-37,39,53H,1,38H2,2H3. The largest absolute Gasteiger partial charge is 0.206 e. The fourth-order valence-corrected chi connectivity index (χ4v) is 10.6. The zero-order chi connectivity index (χ0) is 43.4. The molecule has 2 aliphatic carbocycles. The van der Waals surface area contributed by atoms with Crippen molar-refractivity contribution in [3.63, 3.8) is 0 Å². The van der Waals surface area contributed by atoms with Gasteiger partial charge in [0, 0.05) is 11.3 Å². The minimum Gasteiger partial charge on any atom is -0.206 e. The number of allylic oxidation sites excluding steroid dienone is 5. The molecule has 0 amide bonds. The molecule has 2 aliphatic rings. The Kier molecular flexibility index (Phi) is 9.74. The molecular formula is C62H44F2. The molecule has 0 nitrogen and oxygen atoms in total. The van der Waals surface area contributed by atoms with Crippen LogP contribution < -0.4 is 0 Å². The van der Waals surface area contributed by atoms with Crippen LogP contribution in [0.15, 0.2) is 236 Å². The summed E-state index contributed by atoms with van der Waals surface area (Å²) in [6, 6.07) is 75.2. The average molecular weight is 827 g/mol. The van der Waals surface area contributed by atoms with Gasteiger partial charge in [0.25, 0.3) is 0 Å². The Morgan fingerprint density at radius 1 is 0.484 bits per heavy atom. The number of benzene rings is 9. The van der Waals surface area contributed by atoms with Gasteiger partial charge >= 0.3 is 0 Å². The zero-order valence-corrected chi connectivity index (χ0v) is 35.5. The zero-order valence-electron chi connectivity index (χ0n) is 35.5. The van der Waals surface area contributed by atoms with E-state index in [1.807, 2.05) is 24.3 Å². The van der Waals surface area contributed by atoms with Crippen LogP contribution in [0.5, 0.6) is 0 Å². The monoisotopic (exact) mass is 826 g/mol. The van der Waals surface area contributed by atoms with E-state index in [0.717, 1.165) is 39.8 Å². The first-order valence-electron chi connectivity index (χ1n) is 22.0. The number of hydrogen-bond donors (Lipinski definition) is 0. The Labute approximate surface area is 373 Å². The number of halogens is 2. The third-order valence-electron chi connectivity index (χ3n) is 13.6. The molecule has 0 aromatic heterocycles. The molecule has 2 unspecified atom stereocenters. The number of fused-ring (bicyclic) bond motifs is 3. The molecule has 0 N–H and O–H groups in total. The van der Waals surface area contributed by atoms with Crippen LogP contribution in [0, 0.1) is 11.6 Å². The smallest absolute Gasteiger partial charge is 0.133 e. The second kappa shape index (κ2) is 15.9. The van der Waals surface area contributed by atoms with Gasteiger partial charge in [-0.05, 0) is 131 Å². The maximum Gasteiger partial charge on any atom is 0.133 e. The van der Waals surface area contributed by atoms with E-state index in [4.69, 9.17) is 6.58 Å². The Balaban J connectivity index is 0.981. The lowest BCUT2D eigenvalue weighted by atomic mass is 9.70. The summed E-state index contributed by atoms with van der Waals surface area (Å²) in [7, 11) is 0. The second-order valence-corrected chi connectivity index (χ2v) is 17.2. The molecule has 9 aromatic rings. The average Bonchev–Trinajstić information content (AvgIpc) is 3.81. The summed E-state index contributed by atoms with van der Waals surface area (Å²) >= 11 is 0. The van der Waals surface area contributed by atoms with Gasteiger partial charge in [-0.15, -0.1) is 0 Å². The molecule has 0 heterocycles. The molecule has 0 saturated heterocycles. The maximum absolute atomic E-state index is 14.8. The highest BCUT2D eigenvalue weighted by atomic mass is 19.1. The molecule has 2 atom stereocenters. The van der Waals surface area contributed by atoms with Gasteiger partial charge in [-0.3, -0.25) is 0 Å². The van der Waals surface area contributed by atoms with Crippen LogP contribution in [0.25, 0.3) is 49.7 Å². The summed E-state index contributed by atoms with van der Waals surface area (Å²) in [5, 5.41) is 2.37. The molecule has 0 radical (unpaired) electrons. The van der Waals surface area contributed by atoms with Crippen molar-refractivity contribution in [2.75, 3.05) is 0 Å². The van der Waals surface area contributed by atoms with E-state index < -0.39 is 17.0 Å². The molecule has 0 aliphatic heterocycles. The van der Waals surface area contributed by atoms with Crippen LogP contribution in [0.1, 0.15) is 57.3 Å². The molecule has 9 aromatic carbocycles. The number of rotatable bonds is 9. The van der Waals surface area contributed by atoms with Gasteiger partial charge < -0.3 is 0 Å². The third-order valence-corrected chi connectivity index (χ3v) is 13.6. The maximum atomic E-state index is 14.8. The van der Waals surface area contributed by atoms with Crippen LogP contribution in [-0.4, -0.2) is 0 Å². The van der Waals surface area contributed by atoms with Crippen molar-refractivity contribution in [3.8, 4) is 22.3 Å². The van der Waals surface area contributed by atoms with E-state index in [-0.39, 0.29) is 11.5 Å². The van der Waals surface area contributed by atoms with Crippen molar-refractivity contribution in [2.45, 2.75) is 24.7 Å². The highest BCUT2D eigenvalue weighted by Crippen LogP contribution is 2.63. The fraction of sp³-hybridized carbons (Fsp3) is 0.0645. The van der Waals surface area contributed by atoms with Crippen molar-refractivity contribution < 1.29 is 8.78 Å². The molecule has 306 valence electrons. The van der Waals surface area contributed by atoms with Gasteiger partial charge in [-0.2, -0.15) is 0 Å². The Morgan fingerprint density at radius 2 is 1.08 bits per heavy atom. The van der Waals surface area contributed by atoms with E-state index in [0.29, 0.717) is 5.56 Å². The first-order chi connectivity index (χ1) is 31.4. The SMILES string of the molecule is C=C1C(c2ccccc2)=C(c2cccc(-c3ccc(CC(c4ccc(-c5c(F)cccc5F)cc4)c4cccc5ccccc45)cc3)c2)C2=C1c1ccccc1C2(C)c1ccccc1. The summed E-state index contributed by atoms with van der Waals surface area (Å²) in [5.41, 5.74) is 18.1. The van der Waals surface area contributed by atoms with Crippen molar-refractivity contribution >= 4 is 27.5 Å². The molecule has 0 saturated carbocycles. The lowest BCUT2D eigenvalue weighted by Gasteiger charge is -2.32. The van der Waals surface area contributed by atoms with Crippen molar-refractivity contribution in [1.29, 1.82) is 0 Å². The quantitative estimate of drug-likeness (QED) is 0.136. The van der Waals surface area contributed by atoms with E-state index in [1.165, 1.54) is 79.1 Å². The summed E-state index contributed by atoms with van der Waals surface area (Å²) in [6.45, 7) is 7.23. The lowest BCUT2D eigenvalue weighted by Crippen LogP contribution is -2.24. The van der Waals surface area contributed by atoms with Gasteiger partial charge in [0.15, 0.2) is 0 Å². The van der Waals surface area contributed by atoms with Crippen molar-refractivity contribution in [3.05, 3.63) is 292 Å². The molecule has 2 heteroatoms. The third kappa shape index (κ3) is 6.48. The Hall–Kier alpha value is -7.68. The van der Waals surface area contributed by atoms with Gasteiger partial charge in [0.05, 0.1) is 5.56 Å². The molecule has 0 spiro atoms. The van der Waals surface area contributed by atoms with Crippen LogP contribution >= 0.6 is 0 Å². The van der Waals surface area contributed by atoms with Crippen LogP contribution in [0.2, 0.25) is 0 Å². The summed E-state index contributed by atoms with van der Waals surface area (Å²) in [4.78, 5) is 0. The summed E-state index contributed by atoms with van der Waals surface area (Å²) in [6.07, 6.45) is 0.743. The van der Waals surface area contributed by atoms with E-state index in [1.54, 1.807) is 0 Å². The second-order valence-electron chi connectivity index (χ2n) is 17.2. The topological polar surface area (TPSA) is 0 Å². The predicted octanol–water partition coefficient (Wildman–Crippen LogP) is 16.1. The van der Waals surface area contributed by atoms with Gasteiger partial charge in [-0.25, -0.2) is 8.78 Å². The molecular weight excluding hydrogens is 783 g/mol. The molecule has 0 fully saturated rings. The first-order valence-corrected chi connectivity index (χ1v) is 22.0. The first kappa shape index (κ1) is 39.2. The Morgan fingerprint density at radius 3 is 1.84 bits per heavy atom. The summed E-state index contributed by atoms with van der Waals surface area (Å²) < 4.78 is 29.7. The molecule has 64 heavy (non-hydrogen) atoms. The van der Waals surface area contributed by atoms with Crippen molar-refractivity contribution in [1.82, 2.24) is 0 Å².